The summed E-state index contributed by atoms with van der Waals surface area (Å²) in [6.07, 6.45) is -0.234. The molecule has 3 saturated carbocycles. The predicted octanol–water partition coefficient (Wildman–Crippen LogP) is 3.02. The van der Waals surface area contributed by atoms with Crippen LogP contribution in [0.5, 0.6) is 0 Å². The number of benzene rings is 2. The second-order valence-electron chi connectivity index (χ2n) is 18.4. The number of anilines is 1. The van der Waals surface area contributed by atoms with Gasteiger partial charge in [-0.05, 0) is 98.8 Å². The number of rotatable bonds is 15. The molecule has 5 amide bonds. The normalized spacial score (nSPS) is 31.6. The van der Waals surface area contributed by atoms with Gasteiger partial charge in [0.05, 0.1) is 18.1 Å². The molecule has 1 aliphatic heterocycles. The molecule has 0 saturated heterocycles. The fraction of sp³-hybridized carbons (Fsp3) is 0.479. The van der Waals surface area contributed by atoms with Gasteiger partial charge in [0.25, 0.3) is 11.8 Å². The molecule has 12 atom stereocenters. The van der Waals surface area contributed by atoms with Crippen molar-refractivity contribution in [2.45, 2.75) is 102 Å². The van der Waals surface area contributed by atoms with Crippen LogP contribution in [0.25, 0.3) is 0 Å². The van der Waals surface area contributed by atoms with Crippen molar-refractivity contribution >= 4 is 46.8 Å². The molecule has 65 heavy (non-hydrogen) atoms. The summed E-state index contributed by atoms with van der Waals surface area (Å²) in [5.74, 6) is -6.59. The molecule has 15 nitrogen and oxygen atoms in total. The molecule has 0 aromatic heterocycles. The van der Waals surface area contributed by atoms with Crippen molar-refractivity contribution in [2.75, 3.05) is 18.5 Å². The highest BCUT2D eigenvalue weighted by atomic mass is 19.1. The highest BCUT2D eigenvalue weighted by Gasteiger charge is 2.73. The molecule has 2 aromatic carbocycles. The van der Waals surface area contributed by atoms with Crippen LogP contribution >= 0.6 is 0 Å². The number of amides is 5. The lowest BCUT2D eigenvalue weighted by atomic mass is 9.45. The number of halogens is 2. The Kier molecular flexibility index (Phi) is 13.3. The number of ether oxygens (including phenoxy) is 1. The quantitative estimate of drug-likeness (QED) is 0.113. The first-order valence-corrected chi connectivity index (χ1v) is 21.8. The van der Waals surface area contributed by atoms with E-state index in [0.29, 0.717) is 17.7 Å². The van der Waals surface area contributed by atoms with E-state index in [1.807, 2.05) is 6.07 Å². The number of fused-ring (bicyclic) bond motifs is 5. The molecular weight excluding hydrogens is 847 g/mol. The van der Waals surface area contributed by atoms with Crippen LogP contribution in [0, 0.1) is 28.6 Å². The number of hydrogen-bond donors (Lipinski definition) is 6. The fourth-order valence-corrected chi connectivity index (χ4v) is 10.9. The third-order valence-corrected chi connectivity index (χ3v) is 14.3. The first-order chi connectivity index (χ1) is 30.7. The molecule has 6 N–H and O–H groups in total. The standard InChI is InChI=1S/C48H54F2N4O11/c1-25(51-39(59)15-17-54-40(60)12-13-41(54)61)43(62)52-26(2)44(63)53-30-7-5-6-28(19-30)18-27-8-10-29(11-9-27)45(64)65-37-22-32-33-21-35(49)34-20-31(56)14-16-47(34,4)48(33,50)38(58)23-46(32,3)42(37)36(57)24-55/h5-14,16,19-20,25-26,32-33,35,37-38,42,45,55,58,64H,15,17-18,21-24H2,1-4H3,(H,51,59)(H,52,62)(H,53,63)/t25-,26-,32-,33-,35-,37+,38-,42-,45-,46-,47-,48-/m0/s1. The molecule has 4 aliphatic carbocycles. The van der Waals surface area contributed by atoms with Crippen molar-refractivity contribution < 1.29 is 62.4 Å². The Morgan fingerprint density at radius 2 is 1.58 bits per heavy atom. The maximum Gasteiger partial charge on any atom is 0.253 e. The first kappa shape index (κ1) is 47.2. The van der Waals surface area contributed by atoms with Crippen LogP contribution in [-0.4, -0.2) is 111 Å². The van der Waals surface area contributed by atoms with Gasteiger partial charge in [0.1, 0.15) is 24.9 Å². The third-order valence-electron chi connectivity index (χ3n) is 14.3. The third kappa shape index (κ3) is 8.86. The van der Waals surface area contributed by atoms with Gasteiger partial charge in [0.2, 0.25) is 17.7 Å². The summed E-state index contributed by atoms with van der Waals surface area (Å²) in [5, 5.41) is 40.9. The monoisotopic (exact) mass is 900 g/mol. The van der Waals surface area contributed by atoms with Gasteiger partial charge < -0.3 is 36.0 Å². The van der Waals surface area contributed by atoms with E-state index < -0.39 is 119 Å². The second-order valence-corrected chi connectivity index (χ2v) is 18.4. The fourth-order valence-electron chi connectivity index (χ4n) is 10.9. The number of ketones is 2. The van der Waals surface area contributed by atoms with E-state index in [4.69, 9.17) is 4.74 Å². The highest BCUT2D eigenvalue weighted by molar-refractivity contribution is 6.13. The van der Waals surface area contributed by atoms with Crippen molar-refractivity contribution in [3.05, 3.63) is 101 Å². The van der Waals surface area contributed by atoms with Crippen molar-refractivity contribution in [2.24, 2.45) is 28.6 Å². The second kappa shape index (κ2) is 18.3. The van der Waals surface area contributed by atoms with Gasteiger partial charge in [-0.3, -0.25) is 38.5 Å². The topological polar surface area (TPSA) is 229 Å². The largest absolute Gasteiger partial charge is 0.390 e. The van der Waals surface area contributed by atoms with E-state index in [0.717, 1.165) is 34.3 Å². The summed E-state index contributed by atoms with van der Waals surface area (Å²) in [7, 11) is 0. The van der Waals surface area contributed by atoms with Gasteiger partial charge in [-0.15, -0.1) is 0 Å². The van der Waals surface area contributed by atoms with Crippen molar-refractivity contribution in [1.29, 1.82) is 0 Å². The Balaban J connectivity index is 0.948. The minimum atomic E-state index is -2.37. The number of Topliss-reactive ketones (excluding diaryl/α,β-unsaturated/α-hetero) is 1. The number of alkyl halides is 2. The van der Waals surface area contributed by atoms with Crippen molar-refractivity contribution in [1.82, 2.24) is 15.5 Å². The van der Waals surface area contributed by atoms with Crippen LogP contribution in [0.2, 0.25) is 0 Å². The Morgan fingerprint density at radius 3 is 2.26 bits per heavy atom. The van der Waals surface area contributed by atoms with E-state index in [9.17, 15) is 48.9 Å². The van der Waals surface area contributed by atoms with E-state index >= 15 is 8.78 Å². The van der Waals surface area contributed by atoms with Crippen LogP contribution < -0.4 is 16.0 Å². The van der Waals surface area contributed by atoms with Crippen LogP contribution in [-0.2, 0) is 44.7 Å². The zero-order valence-corrected chi connectivity index (χ0v) is 36.5. The van der Waals surface area contributed by atoms with Crippen LogP contribution in [0.1, 0.15) is 76.4 Å². The first-order valence-electron chi connectivity index (χ1n) is 21.8. The van der Waals surface area contributed by atoms with Crippen LogP contribution in [0.4, 0.5) is 14.5 Å². The number of imide groups is 1. The molecule has 1 heterocycles. The SMILES string of the molecule is C[C@H](NC(=O)CCN1C(=O)C=CC1=O)C(=O)N[C@@H](C)C(=O)Nc1cccc(Cc2ccc([C@@H](O)O[C@@H]3C[C@H]4[C@@H]5C[C@H](F)C6=CC(=O)C=C[C@]6(C)[C@@]5(F)[C@@H](O)C[C@]4(C)[C@H]3C(=O)CO)cc2)c1. The molecule has 5 aliphatic rings. The average Bonchev–Trinajstić information content (AvgIpc) is 3.74. The number of allylic oxidation sites excluding steroid dienone is 4. The van der Waals surface area contributed by atoms with Gasteiger partial charge in [-0.2, -0.15) is 0 Å². The Hall–Kier alpha value is -5.75. The predicted molar refractivity (Wildman–Crippen MR) is 229 cm³/mol. The molecule has 0 bridgehead atoms. The lowest BCUT2D eigenvalue weighted by Gasteiger charge is -2.62. The summed E-state index contributed by atoms with van der Waals surface area (Å²) in [6.45, 7) is 5.14. The van der Waals surface area contributed by atoms with Gasteiger partial charge >= 0.3 is 0 Å². The number of nitrogens with one attached hydrogen (secondary N) is 3. The molecule has 0 spiro atoms. The number of carbonyl (C=O) groups is 7. The smallest absolute Gasteiger partial charge is 0.253 e. The van der Waals surface area contributed by atoms with Gasteiger partial charge in [0.15, 0.2) is 23.5 Å². The minimum absolute atomic E-state index is 0.0195. The minimum Gasteiger partial charge on any atom is -0.390 e. The highest BCUT2D eigenvalue weighted by Crippen LogP contribution is 2.69. The van der Waals surface area contributed by atoms with E-state index in [-0.39, 0.29) is 37.8 Å². The number of aliphatic hydroxyl groups excluding tert-OH is 3. The summed E-state index contributed by atoms with van der Waals surface area (Å²) in [6, 6.07) is 11.9. The zero-order chi connectivity index (χ0) is 47.2. The number of nitrogens with zero attached hydrogens (tertiary/aromatic N) is 1. The number of hydrogen-bond acceptors (Lipinski definition) is 11. The summed E-state index contributed by atoms with van der Waals surface area (Å²) >= 11 is 0. The van der Waals surface area contributed by atoms with Gasteiger partial charge in [-0.1, -0.05) is 49.4 Å². The molecule has 7 rings (SSSR count). The molecule has 0 unspecified atom stereocenters. The zero-order valence-electron chi connectivity index (χ0n) is 36.5. The summed E-state index contributed by atoms with van der Waals surface area (Å²) < 4.78 is 39.8. The van der Waals surface area contributed by atoms with Crippen LogP contribution in [0.3, 0.4) is 0 Å². The summed E-state index contributed by atoms with van der Waals surface area (Å²) in [4.78, 5) is 88.1. The molecule has 17 heteroatoms. The molecule has 2 aromatic rings. The number of carbonyl (C=O) groups excluding carboxylic acids is 7. The summed E-state index contributed by atoms with van der Waals surface area (Å²) in [5.41, 5.74) is -2.66. The molecule has 0 radical (unpaired) electrons. The van der Waals surface area contributed by atoms with E-state index in [1.54, 1.807) is 49.4 Å². The molecule has 346 valence electrons. The van der Waals surface area contributed by atoms with Crippen LogP contribution in [0.15, 0.2) is 84.5 Å². The van der Waals surface area contributed by atoms with E-state index in [2.05, 4.69) is 16.0 Å². The maximum absolute atomic E-state index is 17.7. The van der Waals surface area contributed by atoms with Crippen molar-refractivity contribution in [3.8, 4) is 0 Å². The van der Waals surface area contributed by atoms with Gasteiger partial charge in [0, 0.05) is 47.7 Å². The molecule has 3 fully saturated rings. The Morgan fingerprint density at radius 1 is 0.908 bits per heavy atom. The number of aliphatic hydroxyl groups is 3. The maximum atomic E-state index is 17.7. The average molecular weight is 901 g/mol. The molecular formula is C48H54F2N4O11. The lowest BCUT2D eigenvalue weighted by Crippen LogP contribution is -2.68. The van der Waals surface area contributed by atoms with E-state index in [1.165, 1.54) is 32.9 Å². The lowest BCUT2D eigenvalue weighted by molar-refractivity contribution is -0.203. The van der Waals surface area contributed by atoms with Crippen molar-refractivity contribution in [3.63, 3.8) is 0 Å². The Labute approximate surface area is 374 Å². The Bertz CT molecular complexity index is 2350. The van der Waals surface area contributed by atoms with Gasteiger partial charge in [-0.25, -0.2) is 8.78 Å².